The molecule has 2 amide bonds. The molecule has 3 aliphatic heterocycles. The molecule has 1 aromatic heterocycles. The Kier molecular flexibility index (Phi) is 9.15. The fraction of sp³-hybridized carbons (Fsp3) is 0.520. The lowest BCUT2D eigenvalue weighted by Crippen LogP contribution is -2.71. The van der Waals surface area contributed by atoms with Crippen LogP contribution in [0.25, 0.3) is 0 Å². The number of rotatable bonds is 9. The molecule has 3 N–H and O–H groups in total. The molecule has 3 aliphatic rings. The molecule has 2 fully saturated rings. The van der Waals surface area contributed by atoms with E-state index in [4.69, 9.17) is 24.8 Å². The molecule has 0 aromatic carbocycles. The van der Waals surface area contributed by atoms with Gasteiger partial charge in [0.15, 0.2) is 10.8 Å². The second kappa shape index (κ2) is 12.4. The molecule has 4 rings (SSSR count). The summed E-state index contributed by atoms with van der Waals surface area (Å²) in [4.78, 5) is 61.7. The van der Waals surface area contributed by atoms with Gasteiger partial charge < -0.3 is 30.1 Å². The Morgan fingerprint density at radius 1 is 1.32 bits per heavy atom. The molecule has 4 heterocycles. The number of β-lactam (4-membered cyclic amide) rings is 1. The molecule has 13 nitrogen and oxygen atoms in total. The lowest BCUT2D eigenvalue weighted by molar-refractivity contribution is -0.173. The van der Waals surface area contributed by atoms with E-state index in [0.29, 0.717) is 17.9 Å². The fourth-order valence-electron chi connectivity index (χ4n) is 4.06. The Bertz CT molecular complexity index is 1260. The molecule has 2 saturated heterocycles. The van der Waals surface area contributed by atoms with E-state index in [-0.39, 0.29) is 28.3 Å². The maximum atomic E-state index is 13.3. The molecule has 0 aliphatic carbocycles. The van der Waals surface area contributed by atoms with Gasteiger partial charge in [-0.05, 0) is 39.2 Å². The maximum Gasteiger partial charge on any atom is 0.358 e. The molecule has 3 atom stereocenters. The zero-order chi connectivity index (χ0) is 29.0. The average Bonchev–Trinajstić information content (AvgIpc) is 3.59. The van der Waals surface area contributed by atoms with Gasteiger partial charge in [-0.3, -0.25) is 19.3 Å². The molecule has 0 saturated carbocycles. The number of aromatic nitrogens is 1. The van der Waals surface area contributed by atoms with Gasteiger partial charge in [0.05, 0.1) is 11.5 Å². The summed E-state index contributed by atoms with van der Waals surface area (Å²) in [7, 11) is 1.28. The van der Waals surface area contributed by atoms with Crippen LogP contribution in [-0.2, 0) is 38.2 Å². The summed E-state index contributed by atoms with van der Waals surface area (Å²) in [5.74, 6) is -2.20. The lowest BCUT2D eigenvalue weighted by atomic mass is 9.98. The number of oxime groups is 1. The van der Waals surface area contributed by atoms with Crippen molar-refractivity contribution in [1.29, 1.82) is 0 Å². The first-order valence-corrected chi connectivity index (χ1v) is 14.4. The molecule has 0 spiro atoms. The van der Waals surface area contributed by atoms with E-state index in [1.165, 1.54) is 23.8 Å². The van der Waals surface area contributed by atoms with Crippen molar-refractivity contribution in [2.24, 2.45) is 10.6 Å². The van der Waals surface area contributed by atoms with Crippen LogP contribution in [0.15, 0.2) is 34.0 Å². The summed E-state index contributed by atoms with van der Waals surface area (Å²) in [5, 5.41) is 7.62. The van der Waals surface area contributed by atoms with E-state index in [2.05, 4.69) is 15.5 Å². The smallest absolute Gasteiger partial charge is 0.358 e. The zero-order valence-electron chi connectivity index (χ0n) is 22.5. The normalized spacial score (nSPS) is 23.1. The third-order valence-corrected chi connectivity index (χ3v) is 8.09. The van der Waals surface area contributed by atoms with Gasteiger partial charge in [-0.1, -0.05) is 17.3 Å². The van der Waals surface area contributed by atoms with E-state index >= 15 is 0 Å². The number of amides is 2. The Balaban J connectivity index is 1.51. The van der Waals surface area contributed by atoms with Crippen molar-refractivity contribution >= 4 is 57.7 Å². The number of anilines is 1. The topological polar surface area (TPSA) is 172 Å². The summed E-state index contributed by atoms with van der Waals surface area (Å²) < 4.78 is 16.0. The highest BCUT2D eigenvalue weighted by atomic mass is 32.2. The number of thioether (sulfide) groups is 1. The van der Waals surface area contributed by atoms with E-state index < -0.39 is 47.4 Å². The number of esters is 2. The van der Waals surface area contributed by atoms with Crippen LogP contribution in [0.4, 0.5) is 5.13 Å². The highest BCUT2D eigenvalue weighted by Gasteiger charge is 2.54. The molecule has 216 valence electrons. The predicted octanol–water partition coefficient (Wildman–Crippen LogP) is 1.56. The number of carbonyl (C=O) groups is 4. The number of nitrogens with two attached hydrogens (primary N) is 1. The van der Waals surface area contributed by atoms with Gasteiger partial charge in [-0.15, -0.1) is 23.1 Å². The standard InChI is InChI=1S/C25H31N5O8S2/c1-25(2,3)23(34)38-12-37-22(33)18-13(7-8-14-6-5-9-36-14)10-39-21-17(20(32)30(18)21)28-19(31)16(29-35-4)15-11-40-24(26)27-15/h7-8,11,14,17,21H,5-6,9-10,12H2,1-4H3,(H2,26,27)(H,28,31)/b8-7+,29-16-/t14?,17-,21+/m1/s1. The number of ether oxygens (including phenoxy) is 3. The van der Waals surface area contributed by atoms with E-state index in [1.807, 2.05) is 6.08 Å². The van der Waals surface area contributed by atoms with Crippen molar-refractivity contribution in [3.63, 3.8) is 0 Å². The van der Waals surface area contributed by atoms with Gasteiger partial charge in [0.2, 0.25) is 6.79 Å². The zero-order valence-corrected chi connectivity index (χ0v) is 24.1. The monoisotopic (exact) mass is 593 g/mol. The molecule has 0 radical (unpaired) electrons. The summed E-state index contributed by atoms with van der Waals surface area (Å²) in [6, 6.07) is -0.944. The van der Waals surface area contributed by atoms with Crippen LogP contribution < -0.4 is 11.1 Å². The van der Waals surface area contributed by atoms with E-state index in [1.54, 1.807) is 32.2 Å². The molecule has 0 bridgehead atoms. The van der Waals surface area contributed by atoms with Crippen LogP contribution in [-0.4, -0.2) is 83.1 Å². The van der Waals surface area contributed by atoms with Crippen molar-refractivity contribution in [3.05, 3.63) is 34.5 Å². The predicted molar refractivity (Wildman–Crippen MR) is 147 cm³/mol. The third-order valence-electron chi connectivity index (χ3n) is 6.11. The number of thiazole rings is 1. The summed E-state index contributed by atoms with van der Waals surface area (Å²) >= 11 is 2.51. The fourth-order valence-corrected chi connectivity index (χ4v) is 5.93. The first-order chi connectivity index (χ1) is 19.0. The molecule has 1 unspecified atom stereocenters. The van der Waals surface area contributed by atoms with E-state index in [0.717, 1.165) is 24.2 Å². The second-order valence-corrected chi connectivity index (χ2v) is 12.1. The van der Waals surface area contributed by atoms with Gasteiger partial charge >= 0.3 is 11.9 Å². The minimum Gasteiger partial charge on any atom is -0.427 e. The van der Waals surface area contributed by atoms with Crippen LogP contribution >= 0.6 is 23.1 Å². The minimum atomic E-state index is -0.944. The lowest BCUT2D eigenvalue weighted by Gasteiger charge is -2.49. The minimum absolute atomic E-state index is 0.0263. The van der Waals surface area contributed by atoms with Crippen molar-refractivity contribution in [2.75, 3.05) is 32.0 Å². The first kappa shape index (κ1) is 29.6. The van der Waals surface area contributed by atoms with Crippen molar-refractivity contribution in [2.45, 2.75) is 51.1 Å². The largest absolute Gasteiger partial charge is 0.427 e. The Morgan fingerprint density at radius 3 is 2.73 bits per heavy atom. The highest BCUT2D eigenvalue weighted by Crippen LogP contribution is 2.41. The van der Waals surface area contributed by atoms with Crippen molar-refractivity contribution < 1.29 is 38.2 Å². The number of fused-ring (bicyclic) bond motifs is 1. The van der Waals surface area contributed by atoms with Gasteiger partial charge in [-0.25, -0.2) is 9.78 Å². The molecule has 1 aromatic rings. The van der Waals surface area contributed by atoms with Crippen LogP contribution in [0.3, 0.4) is 0 Å². The number of carbonyl (C=O) groups excluding carboxylic acids is 4. The number of hydrogen-bond donors (Lipinski definition) is 2. The average molecular weight is 594 g/mol. The quantitative estimate of drug-likeness (QED) is 0.140. The van der Waals surface area contributed by atoms with Crippen LogP contribution in [0.2, 0.25) is 0 Å². The number of nitrogen functional groups attached to an aromatic ring is 1. The number of allylic oxidation sites excluding steroid dienone is 1. The van der Waals surface area contributed by atoms with Crippen molar-refractivity contribution in [3.8, 4) is 0 Å². The number of nitrogens with one attached hydrogen (secondary N) is 1. The van der Waals surface area contributed by atoms with Gasteiger partial charge in [-0.2, -0.15) is 0 Å². The maximum absolute atomic E-state index is 13.3. The molecule has 15 heteroatoms. The van der Waals surface area contributed by atoms with Gasteiger partial charge in [0.1, 0.15) is 29.9 Å². The molecular formula is C25H31N5O8S2. The second-order valence-electron chi connectivity index (χ2n) is 10.1. The SMILES string of the molecule is CO/N=C(\C(=O)N[C@@H]1C(=O)N2C(C(=O)OCOC(=O)C(C)(C)C)=C(/C=C/C3CCCO3)CS[C@@H]12)c1csc(N)n1. The van der Waals surface area contributed by atoms with E-state index in [9.17, 15) is 19.2 Å². The van der Waals surface area contributed by atoms with Gasteiger partial charge in [0.25, 0.3) is 11.8 Å². The van der Waals surface area contributed by atoms with Crippen LogP contribution in [0.1, 0.15) is 39.3 Å². The van der Waals surface area contributed by atoms with Gasteiger partial charge in [0, 0.05) is 17.7 Å². The highest BCUT2D eigenvalue weighted by molar-refractivity contribution is 8.00. The molecule has 40 heavy (non-hydrogen) atoms. The Labute approximate surface area is 239 Å². The third kappa shape index (κ3) is 6.47. The van der Waals surface area contributed by atoms with Crippen molar-refractivity contribution in [1.82, 2.24) is 15.2 Å². The Morgan fingerprint density at radius 2 is 2.10 bits per heavy atom. The number of nitrogens with zero attached hydrogens (tertiary/aromatic N) is 3. The summed E-state index contributed by atoms with van der Waals surface area (Å²) in [6.07, 6.45) is 5.32. The van der Waals surface area contributed by atoms with Crippen LogP contribution in [0.5, 0.6) is 0 Å². The summed E-state index contributed by atoms with van der Waals surface area (Å²) in [5.41, 5.74) is 5.55. The van der Waals surface area contributed by atoms with Crippen LogP contribution in [0, 0.1) is 5.41 Å². The first-order valence-electron chi connectivity index (χ1n) is 12.5. The molecular weight excluding hydrogens is 562 g/mol. The Hall–Kier alpha value is -3.43. The summed E-state index contributed by atoms with van der Waals surface area (Å²) in [6.45, 7) is 5.09. The number of hydrogen-bond acceptors (Lipinski definition) is 13.